The van der Waals surface area contributed by atoms with Crippen LogP contribution in [-0.4, -0.2) is 21.5 Å². The summed E-state index contributed by atoms with van der Waals surface area (Å²) < 4.78 is 20.4. The summed E-state index contributed by atoms with van der Waals surface area (Å²) in [5.74, 6) is 0.0262. The van der Waals surface area contributed by atoms with E-state index < -0.39 is 5.82 Å². The quantitative estimate of drug-likeness (QED) is 0.878. The molecular formula is C13H15FN2O2. The Labute approximate surface area is 105 Å². The average Bonchev–Trinajstić information content (AvgIpc) is 2.74. The molecule has 1 aromatic carbocycles. The smallest absolute Gasteiger partial charge is 0.127 e. The summed E-state index contributed by atoms with van der Waals surface area (Å²) in [4.78, 5) is 0. The second-order valence-electron chi connectivity index (χ2n) is 4.00. The molecule has 0 radical (unpaired) electrons. The largest absolute Gasteiger partial charge is 0.493 e. The van der Waals surface area contributed by atoms with Crippen LogP contribution < -0.4 is 4.74 Å². The molecule has 96 valence electrons. The minimum atomic E-state index is -0.405. The highest BCUT2D eigenvalue weighted by molar-refractivity contribution is 5.29. The Morgan fingerprint density at radius 1 is 1.39 bits per heavy atom. The number of ether oxygens (including phenoxy) is 1. The Kier molecular flexibility index (Phi) is 3.94. The van der Waals surface area contributed by atoms with E-state index in [1.807, 2.05) is 13.1 Å². The van der Waals surface area contributed by atoms with Gasteiger partial charge < -0.3 is 9.84 Å². The first kappa shape index (κ1) is 12.6. The van der Waals surface area contributed by atoms with Gasteiger partial charge in [0.1, 0.15) is 11.6 Å². The maximum atomic E-state index is 13.2. The number of halogens is 1. The lowest BCUT2D eigenvalue weighted by Gasteiger charge is -2.08. The van der Waals surface area contributed by atoms with Gasteiger partial charge in [0.2, 0.25) is 0 Å². The average molecular weight is 250 g/mol. The van der Waals surface area contributed by atoms with Gasteiger partial charge in [-0.2, -0.15) is 5.10 Å². The fourth-order valence-corrected chi connectivity index (χ4v) is 1.72. The molecule has 0 spiro atoms. The molecule has 1 aromatic heterocycles. The number of hydrogen-bond donors (Lipinski definition) is 1. The van der Waals surface area contributed by atoms with Crippen molar-refractivity contribution in [3.63, 3.8) is 0 Å². The summed E-state index contributed by atoms with van der Waals surface area (Å²) >= 11 is 0. The molecular weight excluding hydrogens is 235 g/mol. The van der Waals surface area contributed by atoms with Crippen LogP contribution in [0.15, 0.2) is 30.5 Å². The zero-order valence-corrected chi connectivity index (χ0v) is 10.1. The van der Waals surface area contributed by atoms with Crippen molar-refractivity contribution in [3.8, 4) is 5.75 Å². The van der Waals surface area contributed by atoms with E-state index in [2.05, 4.69) is 5.10 Å². The predicted molar refractivity (Wildman–Crippen MR) is 64.7 cm³/mol. The first-order valence-electron chi connectivity index (χ1n) is 5.69. The molecule has 2 rings (SSSR count). The first-order valence-corrected chi connectivity index (χ1v) is 5.69. The van der Waals surface area contributed by atoms with Gasteiger partial charge in [0, 0.05) is 31.4 Å². The highest BCUT2D eigenvalue weighted by Gasteiger charge is 2.03. The molecule has 1 N–H and O–H groups in total. The van der Waals surface area contributed by atoms with Crippen LogP contribution in [0.4, 0.5) is 4.39 Å². The highest BCUT2D eigenvalue weighted by Crippen LogP contribution is 2.16. The summed E-state index contributed by atoms with van der Waals surface area (Å²) in [7, 11) is 1.86. The van der Waals surface area contributed by atoms with Gasteiger partial charge in [-0.25, -0.2) is 4.39 Å². The molecule has 0 fully saturated rings. The fraction of sp³-hybridized carbons (Fsp3) is 0.308. The maximum Gasteiger partial charge on any atom is 0.127 e. The molecule has 18 heavy (non-hydrogen) atoms. The summed E-state index contributed by atoms with van der Waals surface area (Å²) in [5, 5.41) is 13.0. The Bertz CT molecular complexity index is 525. The Hall–Kier alpha value is -1.88. The lowest BCUT2D eigenvalue weighted by molar-refractivity contribution is 0.278. The standard InChI is InChI=1S/C13H15FN2O2/c1-16-12(2-4-15-16)3-5-18-13-7-10(9-17)6-11(14)8-13/h2,4,6-8,17H,3,5,9H2,1H3. The number of aromatic nitrogens is 2. The molecule has 0 unspecified atom stereocenters. The van der Waals surface area contributed by atoms with Crippen molar-refractivity contribution in [2.75, 3.05) is 6.61 Å². The zero-order chi connectivity index (χ0) is 13.0. The number of rotatable bonds is 5. The zero-order valence-electron chi connectivity index (χ0n) is 10.1. The topological polar surface area (TPSA) is 47.3 Å². The Balaban J connectivity index is 1.94. The van der Waals surface area contributed by atoms with E-state index in [0.29, 0.717) is 24.3 Å². The number of aliphatic hydroxyl groups is 1. The van der Waals surface area contributed by atoms with E-state index in [9.17, 15) is 4.39 Å². The molecule has 0 saturated carbocycles. The summed E-state index contributed by atoms with van der Waals surface area (Å²) in [5.41, 5.74) is 1.55. The number of aliphatic hydroxyl groups excluding tert-OH is 1. The first-order chi connectivity index (χ1) is 8.69. The van der Waals surface area contributed by atoms with Crippen molar-refractivity contribution in [2.45, 2.75) is 13.0 Å². The van der Waals surface area contributed by atoms with E-state index in [4.69, 9.17) is 9.84 Å². The van der Waals surface area contributed by atoms with Crippen LogP contribution in [0, 0.1) is 5.82 Å². The van der Waals surface area contributed by atoms with Gasteiger partial charge in [0.25, 0.3) is 0 Å². The normalized spacial score (nSPS) is 10.6. The Morgan fingerprint density at radius 3 is 2.89 bits per heavy atom. The second-order valence-corrected chi connectivity index (χ2v) is 4.00. The molecule has 0 bridgehead atoms. The van der Waals surface area contributed by atoms with Gasteiger partial charge in [-0.1, -0.05) is 0 Å². The molecule has 0 amide bonds. The molecule has 2 aromatic rings. The van der Waals surface area contributed by atoms with Crippen LogP contribution in [0.1, 0.15) is 11.3 Å². The molecule has 0 aliphatic rings. The summed E-state index contributed by atoms with van der Waals surface area (Å²) in [6.45, 7) is 0.240. The van der Waals surface area contributed by atoms with Gasteiger partial charge in [-0.15, -0.1) is 0 Å². The van der Waals surface area contributed by atoms with E-state index in [1.165, 1.54) is 12.1 Å². The summed E-state index contributed by atoms with van der Waals surface area (Å²) in [6, 6.07) is 6.14. The molecule has 0 saturated heterocycles. The third kappa shape index (κ3) is 3.07. The molecule has 0 atom stereocenters. The van der Waals surface area contributed by atoms with Crippen LogP contribution >= 0.6 is 0 Å². The van der Waals surface area contributed by atoms with Gasteiger partial charge in [-0.05, 0) is 23.8 Å². The van der Waals surface area contributed by atoms with Gasteiger partial charge >= 0.3 is 0 Å². The van der Waals surface area contributed by atoms with Gasteiger partial charge in [0.15, 0.2) is 0 Å². The number of aryl methyl sites for hydroxylation is 1. The second kappa shape index (κ2) is 5.64. The van der Waals surface area contributed by atoms with Crippen LogP contribution in [0.5, 0.6) is 5.75 Å². The van der Waals surface area contributed by atoms with Crippen molar-refractivity contribution in [1.29, 1.82) is 0 Å². The molecule has 0 aliphatic heterocycles. The van der Waals surface area contributed by atoms with E-state index in [1.54, 1.807) is 16.9 Å². The minimum absolute atomic E-state index is 0.199. The van der Waals surface area contributed by atoms with Crippen molar-refractivity contribution >= 4 is 0 Å². The van der Waals surface area contributed by atoms with Crippen LogP contribution in [-0.2, 0) is 20.1 Å². The third-order valence-electron chi connectivity index (χ3n) is 2.66. The maximum absolute atomic E-state index is 13.2. The minimum Gasteiger partial charge on any atom is -0.493 e. The van der Waals surface area contributed by atoms with Crippen LogP contribution in [0.25, 0.3) is 0 Å². The Morgan fingerprint density at radius 2 is 2.22 bits per heavy atom. The molecule has 4 nitrogen and oxygen atoms in total. The molecule has 1 heterocycles. The molecule has 5 heteroatoms. The van der Waals surface area contributed by atoms with E-state index in [-0.39, 0.29) is 6.61 Å². The lowest BCUT2D eigenvalue weighted by Crippen LogP contribution is -2.06. The SMILES string of the molecule is Cn1nccc1CCOc1cc(F)cc(CO)c1. The monoisotopic (exact) mass is 250 g/mol. The third-order valence-corrected chi connectivity index (χ3v) is 2.66. The lowest BCUT2D eigenvalue weighted by atomic mass is 10.2. The van der Waals surface area contributed by atoms with Crippen molar-refractivity contribution in [1.82, 2.24) is 9.78 Å². The van der Waals surface area contributed by atoms with E-state index in [0.717, 1.165) is 5.69 Å². The van der Waals surface area contributed by atoms with Gasteiger partial charge in [-0.3, -0.25) is 4.68 Å². The van der Waals surface area contributed by atoms with Crippen LogP contribution in [0.3, 0.4) is 0 Å². The van der Waals surface area contributed by atoms with Gasteiger partial charge in [0.05, 0.1) is 13.2 Å². The summed E-state index contributed by atoms with van der Waals surface area (Å²) in [6.07, 6.45) is 2.42. The number of nitrogens with zero attached hydrogens (tertiary/aromatic N) is 2. The fourth-order valence-electron chi connectivity index (χ4n) is 1.72. The van der Waals surface area contributed by atoms with Crippen LogP contribution in [0.2, 0.25) is 0 Å². The molecule has 0 aliphatic carbocycles. The number of hydrogen-bond acceptors (Lipinski definition) is 3. The predicted octanol–water partition coefficient (Wildman–Crippen LogP) is 1.67. The van der Waals surface area contributed by atoms with Crippen molar-refractivity contribution < 1.29 is 14.2 Å². The number of benzene rings is 1. The highest BCUT2D eigenvalue weighted by atomic mass is 19.1. The van der Waals surface area contributed by atoms with E-state index >= 15 is 0 Å². The van der Waals surface area contributed by atoms with Crippen molar-refractivity contribution in [3.05, 3.63) is 47.5 Å². The van der Waals surface area contributed by atoms with Crippen molar-refractivity contribution in [2.24, 2.45) is 7.05 Å².